The van der Waals surface area contributed by atoms with Crippen molar-refractivity contribution >= 4 is 11.8 Å². The standard InChI is InChI=1S/C12H25NOS/c1-2-15-10-4-8-13-7-3-5-12(11-13)6-9-14/h12,14H,2-11H2,1H3. The van der Waals surface area contributed by atoms with E-state index >= 15 is 0 Å². The van der Waals surface area contributed by atoms with Gasteiger partial charge in [0.05, 0.1) is 0 Å². The second-order valence-corrected chi connectivity index (χ2v) is 5.77. The highest BCUT2D eigenvalue weighted by atomic mass is 32.2. The van der Waals surface area contributed by atoms with Gasteiger partial charge in [0.2, 0.25) is 0 Å². The fourth-order valence-corrected chi connectivity index (χ4v) is 2.93. The van der Waals surface area contributed by atoms with Gasteiger partial charge in [-0.2, -0.15) is 11.8 Å². The number of hydrogen-bond acceptors (Lipinski definition) is 3. The summed E-state index contributed by atoms with van der Waals surface area (Å²) in [5.74, 6) is 3.30. The SMILES string of the molecule is CCSCCCN1CCCC(CCO)C1. The van der Waals surface area contributed by atoms with E-state index in [0.717, 1.165) is 12.3 Å². The molecule has 1 N–H and O–H groups in total. The van der Waals surface area contributed by atoms with Crippen LogP contribution in [-0.2, 0) is 0 Å². The molecule has 1 unspecified atom stereocenters. The van der Waals surface area contributed by atoms with Crippen LogP contribution in [0.5, 0.6) is 0 Å². The van der Waals surface area contributed by atoms with Crippen LogP contribution >= 0.6 is 11.8 Å². The van der Waals surface area contributed by atoms with Crippen LogP contribution in [0.3, 0.4) is 0 Å². The Morgan fingerprint density at radius 3 is 3.07 bits per heavy atom. The lowest BCUT2D eigenvalue weighted by Gasteiger charge is -2.32. The highest BCUT2D eigenvalue weighted by Gasteiger charge is 2.18. The molecule has 0 bridgehead atoms. The van der Waals surface area contributed by atoms with Crippen LogP contribution in [0.15, 0.2) is 0 Å². The van der Waals surface area contributed by atoms with Crippen molar-refractivity contribution in [2.24, 2.45) is 5.92 Å². The van der Waals surface area contributed by atoms with Crippen LogP contribution in [0.25, 0.3) is 0 Å². The van der Waals surface area contributed by atoms with E-state index in [0.29, 0.717) is 6.61 Å². The third-order valence-electron chi connectivity index (χ3n) is 3.11. The fraction of sp³-hybridized carbons (Fsp3) is 1.00. The van der Waals surface area contributed by atoms with Crippen molar-refractivity contribution in [3.05, 3.63) is 0 Å². The molecular formula is C12H25NOS. The quantitative estimate of drug-likeness (QED) is 0.680. The first-order valence-electron chi connectivity index (χ1n) is 6.27. The lowest BCUT2D eigenvalue weighted by atomic mass is 9.95. The van der Waals surface area contributed by atoms with Gasteiger partial charge in [-0.05, 0) is 56.2 Å². The van der Waals surface area contributed by atoms with Crippen LogP contribution in [0.1, 0.15) is 32.6 Å². The monoisotopic (exact) mass is 231 g/mol. The predicted octanol–water partition coefficient (Wildman–Crippen LogP) is 2.22. The molecule has 1 rings (SSSR count). The maximum Gasteiger partial charge on any atom is 0.0434 e. The number of thioether (sulfide) groups is 1. The first kappa shape index (κ1) is 13.3. The highest BCUT2D eigenvalue weighted by molar-refractivity contribution is 7.99. The molecule has 0 saturated carbocycles. The number of likely N-dealkylation sites (tertiary alicyclic amines) is 1. The average molecular weight is 231 g/mol. The van der Waals surface area contributed by atoms with Crippen molar-refractivity contribution in [3.63, 3.8) is 0 Å². The van der Waals surface area contributed by atoms with Crippen molar-refractivity contribution in [2.75, 3.05) is 37.7 Å². The molecule has 1 aliphatic rings. The van der Waals surface area contributed by atoms with Crippen molar-refractivity contribution in [2.45, 2.75) is 32.6 Å². The normalized spacial score (nSPS) is 23.2. The summed E-state index contributed by atoms with van der Waals surface area (Å²) >= 11 is 2.04. The van der Waals surface area contributed by atoms with E-state index in [9.17, 15) is 0 Å². The zero-order chi connectivity index (χ0) is 10.9. The zero-order valence-electron chi connectivity index (χ0n) is 9.95. The van der Waals surface area contributed by atoms with Gasteiger partial charge < -0.3 is 10.0 Å². The van der Waals surface area contributed by atoms with Gasteiger partial charge in [0, 0.05) is 13.2 Å². The Morgan fingerprint density at radius 2 is 2.33 bits per heavy atom. The molecule has 1 atom stereocenters. The third kappa shape index (κ3) is 5.79. The summed E-state index contributed by atoms with van der Waals surface area (Å²) in [5, 5.41) is 8.93. The van der Waals surface area contributed by atoms with Crippen LogP contribution in [0.2, 0.25) is 0 Å². The second kappa shape index (κ2) is 8.43. The van der Waals surface area contributed by atoms with E-state index in [4.69, 9.17) is 5.11 Å². The molecule has 0 aliphatic carbocycles. The van der Waals surface area contributed by atoms with Gasteiger partial charge in [-0.15, -0.1) is 0 Å². The van der Waals surface area contributed by atoms with Crippen molar-refractivity contribution < 1.29 is 5.11 Å². The number of aliphatic hydroxyl groups excluding tert-OH is 1. The van der Waals surface area contributed by atoms with Gasteiger partial charge in [-0.3, -0.25) is 0 Å². The summed E-state index contributed by atoms with van der Waals surface area (Å²) in [6.07, 6.45) is 4.97. The second-order valence-electron chi connectivity index (χ2n) is 4.37. The van der Waals surface area contributed by atoms with Crippen LogP contribution in [-0.4, -0.2) is 47.8 Å². The molecule has 0 spiro atoms. The van der Waals surface area contributed by atoms with Crippen LogP contribution in [0.4, 0.5) is 0 Å². The Hall–Kier alpha value is 0.270. The lowest BCUT2D eigenvalue weighted by Crippen LogP contribution is -2.36. The molecular weight excluding hydrogens is 206 g/mol. The van der Waals surface area contributed by atoms with E-state index in [1.807, 2.05) is 11.8 Å². The molecule has 15 heavy (non-hydrogen) atoms. The van der Waals surface area contributed by atoms with E-state index in [-0.39, 0.29) is 0 Å². The summed E-state index contributed by atoms with van der Waals surface area (Å²) in [6, 6.07) is 0. The van der Waals surface area contributed by atoms with Gasteiger partial charge in [0.1, 0.15) is 0 Å². The van der Waals surface area contributed by atoms with Crippen molar-refractivity contribution in [3.8, 4) is 0 Å². The third-order valence-corrected chi connectivity index (χ3v) is 4.09. The van der Waals surface area contributed by atoms with Gasteiger partial charge in [0.15, 0.2) is 0 Å². The molecule has 2 nitrogen and oxygen atoms in total. The topological polar surface area (TPSA) is 23.5 Å². The average Bonchev–Trinajstić information content (AvgIpc) is 2.26. The van der Waals surface area contributed by atoms with Gasteiger partial charge in [0.25, 0.3) is 0 Å². The van der Waals surface area contributed by atoms with Crippen molar-refractivity contribution in [1.82, 2.24) is 4.90 Å². The molecule has 1 saturated heterocycles. The number of rotatable bonds is 7. The van der Waals surface area contributed by atoms with E-state index in [1.165, 1.54) is 50.4 Å². The summed E-state index contributed by atoms with van der Waals surface area (Å²) in [5.41, 5.74) is 0. The Morgan fingerprint density at radius 1 is 1.47 bits per heavy atom. The summed E-state index contributed by atoms with van der Waals surface area (Å²) in [4.78, 5) is 2.58. The minimum absolute atomic E-state index is 0.365. The number of aliphatic hydroxyl groups is 1. The van der Waals surface area contributed by atoms with E-state index < -0.39 is 0 Å². The molecule has 0 aromatic heterocycles. The van der Waals surface area contributed by atoms with Gasteiger partial charge in [-0.25, -0.2) is 0 Å². The summed E-state index contributed by atoms with van der Waals surface area (Å²) in [7, 11) is 0. The van der Waals surface area contributed by atoms with Crippen LogP contribution in [0, 0.1) is 5.92 Å². The molecule has 0 aromatic rings. The maximum atomic E-state index is 8.93. The minimum Gasteiger partial charge on any atom is -0.396 e. The molecule has 0 radical (unpaired) electrons. The summed E-state index contributed by atoms with van der Waals surface area (Å²) < 4.78 is 0. The molecule has 1 heterocycles. The molecule has 90 valence electrons. The van der Waals surface area contributed by atoms with Crippen molar-refractivity contribution in [1.29, 1.82) is 0 Å². The van der Waals surface area contributed by atoms with E-state index in [1.54, 1.807) is 0 Å². The molecule has 1 fully saturated rings. The van der Waals surface area contributed by atoms with Crippen LogP contribution < -0.4 is 0 Å². The Balaban J connectivity index is 2.07. The van der Waals surface area contributed by atoms with E-state index in [2.05, 4.69) is 11.8 Å². The molecule has 1 aliphatic heterocycles. The molecule has 3 heteroatoms. The number of nitrogens with zero attached hydrogens (tertiary/aromatic N) is 1. The smallest absolute Gasteiger partial charge is 0.0434 e. The number of hydrogen-bond donors (Lipinski definition) is 1. The zero-order valence-corrected chi connectivity index (χ0v) is 10.8. The summed E-state index contributed by atoms with van der Waals surface area (Å²) in [6.45, 7) is 6.35. The lowest BCUT2D eigenvalue weighted by molar-refractivity contribution is 0.148. The first-order chi connectivity index (χ1) is 7.36. The van der Waals surface area contributed by atoms with Gasteiger partial charge in [-0.1, -0.05) is 6.92 Å². The molecule has 0 amide bonds. The Kier molecular flexibility index (Phi) is 7.49. The first-order valence-corrected chi connectivity index (χ1v) is 7.43. The minimum atomic E-state index is 0.365. The maximum absolute atomic E-state index is 8.93. The fourth-order valence-electron chi connectivity index (χ4n) is 2.31. The molecule has 0 aromatic carbocycles. The highest BCUT2D eigenvalue weighted by Crippen LogP contribution is 2.19. The Labute approximate surface area is 98.4 Å². The van der Waals surface area contributed by atoms with Gasteiger partial charge >= 0.3 is 0 Å². The largest absolute Gasteiger partial charge is 0.396 e. The number of piperidine rings is 1. The Bertz CT molecular complexity index is 153. The predicted molar refractivity (Wildman–Crippen MR) is 68.5 cm³/mol.